The Hall–Kier alpha value is -1.02. The highest BCUT2D eigenvalue weighted by molar-refractivity contribution is 5.79. The maximum absolute atomic E-state index is 12.5. The summed E-state index contributed by atoms with van der Waals surface area (Å²) in [5, 5.41) is 6.61. The van der Waals surface area contributed by atoms with Crippen molar-refractivity contribution in [3.63, 3.8) is 0 Å². The van der Waals surface area contributed by atoms with Crippen LogP contribution in [0.2, 0.25) is 0 Å². The molecule has 0 saturated carbocycles. The molecule has 8 heteroatoms. The van der Waals surface area contributed by atoms with E-state index in [-0.39, 0.29) is 6.10 Å². The summed E-state index contributed by atoms with van der Waals surface area (Å²) >= 11 is 0. The first-order valence-corrected chi connectivity index (χ1v) is 10.7. The summed E-state index contributed by atoms with van der Waals surface area (Å²) in [5.41, 5.74) is 0. The summed E-state index contributed by atoms with van der Waals surface area (Å²) < 4.78 is 43.1. The van der Waals surface area contributed by atoms with Gasteiger partial charge in [0.25, 0.3) is 0 Å². The Kier molecular flexibility index (Phi) is 11.8. The number of hydrogen-bond acceptors (Lipinski definition) is 3. The van der Waals surface area contributed by atoms with Gasteiger partial charge in [0.15, 0.2) is 5.96 Å². The maximum Gasteiger partial charge on any atom is 0.401 e. The molecule has 0 aliphatic carbocycles. The molecular formula is C20H39F3N4O. The predicted molar refractivity (Wildman–Crippen MR) is 109 cm³/mol. The quantitative estimate of drug-likeness (QED) is 0.405. The molecule has 1 atom stereocenters. The molecule has 0 aromatic heterocycles. The average Bonchev–Trinajstić information content (AvgIpc) is 2.61. The normalized spacial score (nSPS) is 18.5. The molecular weight excluding hydrogens is 369 g/mol. The number of ether oxygens (including phenoxy) is 1. The summed E-state index contributed by atoms with van der Waals surface area (Å²) in [6.45, 7) is 11.7. The van der Waals surface area contributed by atoms with Gasteiger partial charge in [-0.1, -0.05) is 13.8 Å². The zero-order valence-electron chi connectivity index (χ0n) is 17.9. The van der Waals surface area contributed by atoms with Gasteiger partial charge in [-0.3, -0.25) is 9.89 Å². The van der Waals surface area contributed by atoms with Crippen molar-refractivity contribution in [3.05, 3.63) is 0 Å². The molecule has 1 heterocycles. The van der Waals surface area contributed by atoms with Gasteiger partial charge in [-0.25, -0.2) is 0 Å². The van der Waals surface area contributed by atoms with Crippen LogP contribution >= 0.6 is 0 Å². The first-order chi connectivity index (χ1) is 13.2. The van der Waals surface area contributed by atoms with E-state index >= 15 is 0 Å². The van der Waals surface area contributed by atoms with Crippen molar-refractivity contribution in [1.82, 2.24) is 15.5 Å². The van der Waals surface area contributed by atoms with E-state index in [9.17, 15) is 13.2 Å². The Morgan fingerprint density at radius 3 is 2.39 bits per heavy atom. The van der Waals surface area contributed by atoms with Crippen LogP contribution in [0.1, 0.15) is 53.4 Å². The summed E-state index contributed by atoms with van der Waals surface area (Å²) in [6.07, 6.45) is -0.375. The average molecular weight is 409 g/mol. The minimum atomic E-state index is -4.10. The summed E-state index contributed by atoms with van der Waals surface area (Å²) in [6, 6.07) is 0. The molecule has 0 aromatic rings. The van der Waals surface area contributed by atoms with Gasteiger partial charge in [0, 0.05) is 26.2 Å². The number of nitrogens with one attached hydrogen (secondary N) is 2. The third-order valence-corrected chi connectivity index (χ3v) is 5.11. The second-order valence-electron chi connectivity index (χ2n) is 7.84. The first-order valence-electron chi connectivity index (χ1n) is 10.7. The van der Waals surface area contributed by atoms with Gasteiger partial charge in [0.2, 0.25) is 0 Å². The number of piperidine rings is 1. The molecule has 1 aliphatic heterocycles. The molecule has 0 radical (unpaired) electrons. The molecule has 0 amide bonds. The van der Waals surface area contributed by atoms with Gasteiger partial charge in [-0.15, -0.1) is 0 Å². The molecule has 1 rings (SSSR count). The second-order valence-corrected chi connectivity index (χ2v) is 7.84. The van der Waals surface area contributed by atoms with Crippen molar-refractivity contribution < 1.29 is 17.9 Å². The van der Waals surface area contributed by atoms with Gasteiger partial charge in [0.1, 0.15) is 0 Å². The molecule has 0 bridgehead atoms. The third-order valence-electron chi connectivity index (χ3n) is 5.11. The second kappa shape index (κ2) is 13.2. The Balaban J connectivity index is 2.32. The molecule has 166 valence electrons. The maximum atomic E-state index is 12.5. The number of alkyl halides is 3. The van der Waals surface area contributed by atoms with Gasteiger partial charge in [0.05, 0.1) is 12.6 Å². The van der Waals surface area contributed by atoms with Crippen LogP contribution in [0.4, 0.5) is 13.2 Å². The van der Waals surface area contributed by atoms with Crippen LogP contribution in [-0.2, 0) is 4.74 Å². The van der Waals surface area contributed by atoms with E-state index < -0.39 is 12.7 Å². The highest BCUT2D eigenvalue weighted by Gasteiger charge is 2.32. The zero-order chi connectivity index (χ0) is 21.0. The van der Waals surface area contributed by atoms with Crippen LogP contribution in [0, 0.1) is 11.8 Å². The molecule has 28 heavy (non-hydrogen) atoms. The van der Waals surface area contributed by atoms with E-state index in [1.165, 1.54) is 4.90 Å². The van der Waals surface area contributed by atoms with Crippen molar-refractivity contribution >= 4 is 5.96 Å². The number of aliphatic imine (C=N–C) groups is 1. The van der Waals surface area contributed by atoms with Crippen molar-refractivity contribution in [3.8, 4) is 0 Å². The van der Waals surface area contributed by atoms with Crippen LogP contribution in [0.25, 0.3) is 0 Å². The molecule has 0 aromatic carbocycles. The zero-order valence-corrected chi connectivity index (χ0v) is 17.9. The number of hydrogen-bond donors (Lipinski definition) is 2. The molecule has 0 spiro atoms. The summed E-state index contributed by atoms with van der Waals surface area (Å²) in [4.78, 5) is 6.14. The van der Waals surface area contributed by atoms with E-state index in [0.29, 0.717) is 31.5 Å². The van der Waals surface area contributed by atoms with E-state index in [1.54, 1.807) is 0 Å². The highest BCUT2D eigenvalue weighted by atomic mass is 19.4. The largest absolute Gasteiger partial charge is 0.401 e. The number of guanidine groups is 1. The highest BCUT2D eigenvalue weighted by Crippen LogP contribution is 2.24. The van der Waals surface area contributed by atoms with Crippen LogP contribution < -0.4 is 10.6 Å². The molecule has 2 N–H and O–H groups in total. The Morgan fingerprint density at radius 1 is 1.18 bits per heavy atom. The predicted octanol–water partition coefficient (Wildman–Crippen LogP) is 3.66. The lowest BCUT2D eigenvalue weighted by Gasteiger charge is -2.32. The Bertz CT molecular complexity index is 436. The Labute approximate surface area is 168 Å². The monoisotopic (exact) mass is 408 g/mol. The molecule has 1 fully saturated rings. The van der Waals surface area contributed by atoms with Crippen molar-refractivity contribution in [2.24, 2.45) is 16.8 Å². The minimum absolute atomic E-state index is 0.238. The summed E-state index contributed by atoms with van der Waals surface area (Å²) in [7, 11) is 0. The van der Waals surface area contributed by atoms with Gasteiger partial charge < -0.3 is 15.4 Å². The summed E-state index contributed by atoms with van der Waals surface area (Å²) in [5.74, 6) is 1.74. The number of rotatable bonds is 11. The van der Waals surface area contributed by atoms with Crippen LogP contribution in [0.3, 0.4) is 0 Å². The molecule has 1 saturated heterocycles. The van der Waals surface area contributed by atoms with Crippen LogP contribution in [0.5, 0.6) is 0 Å². The fraction of sp³-hybridized carbons (Fsp3) is 0.950. The van der Waals surface area contributed by atoms with E-state index in [2.05, 4.69) is 29.5 Å². The molecule has 1 unspecified atom stereocenters. The van der Waals surface area contributed by atoms with Crippen molar-refractivity contribution in [2.45, 2.75) is 65.7 Å². The van der Waals surface area contributed by atoms with Crippen LogP contribution in [0.15, 0.2) is 4.99 Å². The van der Waals surface area contributed by atoms with Crippen molar-refractivity contribution in [1.29, 1.82) is 0 Å². The number of nitrogens with zero attached hydrogens (tertiary/aromatic N) is 2. The third kappa shape index (κ3) is 11.1. The lowest BCUT2D eigenvalue weighted by Crippen LogP contribution is -2.40. The first kappa shape index (κ1) is 25.0. The van der Waals surface area contributed by atoms with Crippen molar-refractivity contribution in [2.75, 3.05) is 45.9 Å². The van der Waals surface area contributed by atoms with Crippen LogP contribution in [-0.4, -0.2) is 69.0 Å². The van der Waals surface area contributed by atoms with Gasteiger partial charge in [-0.05, 0) is 64.5 Å². The number of likely N-dealkylation sites (tertiary alicyclic amines) is 1. The lowest BCUT2D eigenvalue weighted by atomic mass is 9.93. The Morgan fingerprint density at radius 2 is 1.86 bits per heavy atom. The van der Waals surface area contributed by atoms with E-state index in [0.717, 1.165) is 51.3 Å². The van der Waals surface area contributed by atoms with Gasteiger partial charge >= 0.3 is 6.18 Å². The van der Waals surface area contributed by atoms with E-state index in [1.807, 2.05) is 13.8 Å². The number of halogens is 3. The fourth-order valence-electron chi connectivity index (χ4n) is 3.54. The molecule has 5 nitrogen and oxygen atoms in total. The fourth-order valence-corrected chi connectivity index (χ4v) is 3.54. The smallest absolute Gasteiger partial charge is 0.378 e. The standard InChI is InChI=1S/C20H39F3N4O/c1-5-24-19(26-12-8-18(16(3)4)28-6-2)25-11-7-17-9-13-27(14-10-17)15-20(21,22)23/h16-18H,5-15H2,1-4H3,(H2,24,25,26). The minimum Gasteiger partial charge on any atom is -0.378 e. The lowest BCUT2D eigenvalue weighted by molar-refractivity contribution is -0.148. The van der Waals surface area contributed by atoms with Gasteiger partial charge in [-0.2, -0.15) is 13.2 Å². The molecule has 1 aliphatic rings. The SMILES string of the molecule is CCNC(=NCCC1CCN(CC(F)(F)F)CC1)NCCC(OCC)C(C)C. The topological polar surface area (TPSA) is 48.9 Å². The van der Waals surface area contributed by atoms with E-state index in [4.69, 9.17) is 4.74 Å².